The number of esters is 1. The van der Waals surface area contributed by atoms with E-state index in [0.717, 1.165) is 17.8 Å². The molecule has 2 heterocycles. The molecule has 2 aromatic heterocycles. The first-order chi connectivity index (χ1) is 9.20. The van der Waals surface area contributed by atoms with Crippen LogP contribution in [0, 0.1) is 12.8 Å². The quantitative estimate of drug-likeness (QED) is 0.852. The maximum absolute atomic E-state index is 11.6. The number of rotatable bonds is 4. The van der Waals surface area contributed by atoms with E-state index < -0.39 is 0 Å². The molecule has 1 aliphatic rings. The summed E-state index contributed by atoms with van der Waals surface area (Å²) in [4.78, 5) is 16.0. The molecule has 1 N–H and O–H groups in total. The van der Waals surface area contributed by atoms with Gasteiger partial charge in [-0.2, -0.15) is 5.10 Å². The van der Waals surface area contributed by atoms with Gasteiger partial charge in [-0.25, -0.2) is 4.98 Å². The number of aryl methyl sites for hydroxylation is 1. The van der Waals surface area contributed by atoms with Gasteiger partial charge in [0.05, 0.1) is 18.8 Å². The summed E-state index contributed by atoms with van der Waals surface area (Å²) in [5, 5.41) is 7.02. The number of H-pyrrole nitrogens is 1. The van der Waals surface area contributed by atoms with Gasteiger partial charge in [-0.1, -0.05) is 0 Å². The Morgan fingerprint density at radius 3 is 3.16 bits per heavy atom. The second-order valence-electron chi connectivity index (χ2n) is 4.68. The number of nitrogens with zero attached hydrogens (tertiary/aromatic N) is 2. The summed E-state index contributed by atoms with van der Waals surface area (Å²) in [6.45, 7) is 4.16. The zero-order valence-electron chi connectivity index (χ0n) is 10.8. The van der Waals surface area contributed by atoms with Crippen molar-refractivity contribution >= 4 is 5.97 Å². The molecule has 0 aliphatic heterocycles. The van der Waals surface area contributed by atoms with E-state index in [1.807, 2.05) is 19.9 Å². The standard InChI is InChI=1S/C13H15N3O3/c1-3-18-13(17)9-6-8(9)11-14-12(16-15-11)10-7(2)4-5-19-10/h4-5,8-9H,3,6H2,1-2H3,(H,14,15,16)/t8-,9-/m1/s1. The molecule has 100 valence electrons. The van der Waals surface area contributed by atoms with Crippen LogP contribution in [-0.2, 0) is 9.53 Å². The number of hydrogen-bond acceptors (Lipinski definition) is 5. The van der Waals surface area contributed by atoms with Crippen LogP contribution in [0.2, 0.25) is 0 Å². The average molecular weight is 261 g/mol. The predicted molar refractivity (Wildman–Crippen MR) is 66.3 cm³/mol. The highest BCUT2D eigenvalue weighted by Crippen LogP contribution is 2.47. The fourth-order valence-electron chi connectivity index (χ4n) is 2.15. The number of aromatic amines is 1. The number of ether oxygens (including phenoxy) is 1. The second kappa shape index (κ2) is 4.53. The van der Waals surface area contributed by atoms with Gasteiger partial charge >= 0.3 is 5.97 Å². The Bertz CT molecular complexity index is 602. The van der Waals surface area contributed by atoms with Crippen molar-refractivity contribution in [2.45, 2.75) is 26.2 Å². The molecule has 19 heavy (non-hydrogen) atoms. The van der Waals surface area contributed by atoms with E-state index in [-0.39, 0.29) is 17.8 Å². The Morgan fingerprint density at radius 1 is 1.63 bits per heavy atom. The number of nitrogens with one attached hydrogen (secondary N) is 1. The number of furan rings is 1. The van der Waals surface area contributed by atoms with Gasteiger partial charge in [-0.3, -0.25) is 9.89 Å². The molecule has 6 nitrogen and oxygen atoms in total. The number of hydrogen-bond donors (Lipinski definition) is 1. The van der Waals surface area contributed by atoms with Crippen LogP contribution in [0.25, 0.3) is 11.6 Å². The molecule has 6 heteroatoms. The first kappa shape index (κ1) is 12.0. The van der Waals surface area contributed by atoms with E-state index in [4.69, 9.17) is 9.15 Å². The Labute approximate surface area is 110 Å². The molecule has 0 saturated heterocycles. The van der Waals surface area contributed by atoms with Gasteiger partial charge in [0.2, 0.25) is 5.82 Å². The van der Waals surface area contributed by atoms with E-state index in [1.54, 1.807) is 6.26 Å². The Balaban J connectivity index is 1.74. The molecule has 2 atom stereocenters. The molecule has 0 spiro atoms. The molecule has 1 aliphatic carbocycles. The van der Waals surface area contributed by atoms with Crippen LogP contribution in [0.5, 0.6) is 0 Å². The summed E-state index contributed by atoms with van der Waals surface area (Å²) in [6, 6.07) is 1.86. The summed E-state index contributed by atoms with van der Waals surface area (Å²) in [7, 11) is 0. The van der Waals surface area contributed by atoms with Crippen molar-refractivity contribution in [3.63, 3.8) is 0 Å². The monoisotopic (exact) mass is 261 g/mol. The summed E-state index contributed by atoms with van der Waals surface area (Å²) in [5.74, 6) is 1.78. The molecule has 1 saturated carbocycles. The minimum Gasteiger partial charge on any atom is -0.466 e. The third-order valence-electron chi connectivity index (χ3n) is 3.30. The van der Waals surface area contributed by atoms with Crippen LogP contribution in [0.4, 0.5) is 0 Å². The maximum atomic E-state index is 11.6. The normalized spacial score (nSPS) is 21.4. The summed E-state index contributed by atoms with van der Waals surface area (Å²) < 4.78 is 10.3. The third-order valence-corrected chi connectivity index (χ3v) is 3.30. The fourth-order valence-corrected chi connectivity index (χ4v) is 2.15. The molecule has 3 rings (SSSR count). The van der Waals surface area contributed by atoms with Crippen LogP contribution in [-0.4, -0.2) is 27.8 Å². The molecule has 1 fully saturated rings. The number of aromatic nitrogens is 3. The van der Waals surface area contributed by atoms with E-state index in [0.29, 0.717) is 18.2 Å². The minimum atomic E-state index is -0.153. The van der Waals surface area contributed by atoms with Crippen molar-refractivity contribution in [1.82, 2.24) is 15.2 Å². The molecule has 0 aromatic carbocycles. The highest BCUT2D eigenvalue weighted by molar-refractivity contribution is 5.77. The fraction of sp³-hybridized carbons (Fsp3) is 0.462. The lowest BCUT2D eigenvalue weighted by Crippen LogP contribution is -2.07. The van der Waals surface area contributed by atoms with E-state index in [1.165, 1.54) is 0 Å². The van der Waals surface area contributed by atoms with Crippen molar-refractivity contribution in [3.05, 3.63) is 23.7 Å². The van der Waals surface area contributed by atoms with E-state index in [2.05, 4.69) is 15.2 Å². The Hall–Kier alpha value is -2.11. The van der Waals surface area contributed by atoms with Gasteiger partial charge in [-0.15, -0.1) is 0 Å². The van der Waals surface area contributed by atoms with E-state index in [9.17, 15) is 4.79 Å². The smallest absolute Gasteiger partial charge is 0.309 e. The van der Waals surface area contributed by atoms with Crippen LogP contribution in [0.1, 0.15) is 30.7 Å². The lowest BCUT2D eigenvalue weighted by molar-refractivity contribution is -0.144. The maximum Gasteiger partial charge on any atom is 0.309 e. The topological polar surface area (TPSA) is 81.0 Å². The Morgan fingerprint density at radius 2 is 2.47 bits per heavy atom. The summed E-state index contributed by atoms with van der Waals surface area (Å²) in [6.07, 6.45) is 2.38. The van der Waals surface area contributed by atoms with Crippen molar-refractivity contribution in [2.24, 2.45) is 5.92 Å². The first-order valence-corrected chi connectivity index (χ1v) is 6.34. The Kier molecular flexibility index (Phi) is 2.85. The molecule has 0 bridgehead atoms. The molecule has 2 aromatic rings. The van der Waals surface area contributed by atoms with Crippen LogP contribution < -0.4 is 0 Å². The summed E-state index contributed by atoms with van der Waals surface area (Å²) >= 11 is 0. The van der Waals surface area contributed by atoms with Crippen molar-refractivity contribution < 1.29 is 13.9 Å². The minimum absolute atomic E-state index is 0.0848. The predicted octanol–water partition coefficient (Wildman–Crippen LogP) is 2.04. The van der Waals surface area contributed by atoms with E-state index >= 15 is 0 Å². The second-order valence-corrected chi connectivity index (χ2v) is 4.68. The first-order valence-electron chi connectivity index (χ1n) is 6.34. The third kappa shape index (κ3) is 2.14. The van der Waals surface area contributed by atoms with Gasteiger partial charge in [-0.05, 0) is 31.9 Å². The van der Waals surface area contributed by atoms with Crippen LogP contribution in [0.15, 0.2) is 16.7 Å². The largest absolute Gasteiger partial charge is 0.466 e. The van der Waals surface area contributed by atoms with Crippen LogP contribution >= 0.6 is 0 Å². The molecule has 0 unspecified atom stereocenters. The molecule has 0 amide bonds. The molecular weight excluding hydrogens is 246 g/mol. The van der Waals surface area contributed by atoms with Crippen molar-refractivity contribution in [3.8, 4) is 11.6 Å². The number of carbonyl (C=O) groups is 1. The van der Waals surface area contributed by atoms with Gasteiger partial charge in [0.25, 0.3) is 0 Å². The highest BCUT2D eigenvalue weighted by atomic mass is 16.5. The average Bonchev–Trinajstić information content (AvgIpc) is 2.84. The SMILES string of the molecule is CCOC(=O)[C@@H]1C[C@H]1c1nc(-c2occc2C)n[nH]1. The van der Waals surface area contributed by atoms with Gasteiger partial charge in [0, 0.05) is 5.92 Å². The molecule has 0 radical (unpaired) electrons. The van der Waals surface area contributed by atoms with Crippen LogP contribution in [0.3, 0.4) is 0 Å². The van der Waals surface area contributed by atoms with Gasteiger partial charge in [0.15, 0.2) is 5.76 Å². The molecular formula is C13H15N3O3. The number of carbonyl (C=O) groups excluding carboxylic acids is 1. The highest BCUT2D eigenvalue weighted by Gasteiger charge is 2.47. The van der Waals surface area contributed by atoms with Crippen molar-refractivity contribution in [1.29, 1.82) is 0 Å². The zero-order chi connectivity index (χ0) is 13.4. The zero-order valence-corrected chi connectivity index (χ0v) is 10.8. The lowest BCUT2D eigenvalue weighted by atomic mass is 10.2. The summed E-state index contributed by atoms with van der Waals surface area (Å²) in [5.41, 5.74) is 0.989. The van der Waals surface area contributed by atoms with Gasteiger partial charge < -0.3 is 9.15 Å². The van der Waals surface area contributed by atoms with Gasteiger partial charge in [0.1, 0.15) is 5.82 Å². The lowest BCUT2D eigenvalue weighted by Gasteiger charge is -1.98. The van der Waals surface area contributed by atoms with Crippen molar-refractivity contribution in [2.75, 3.05) is 6.61 Å².